The van der Waals surface area contributed by atoms with Crippen LogP contribution < -0.4 is 20.7 Å². The molecule has 0 aliphatic carbocycles. The molecule has 1 aromatic heterocycles. The van der Waals surface area contributed by atoms with Crippen molar-refractivity contribution in [2.75, 3.05) is 23.8 Å². The predicted octanol–water partition coefficient (Wildman–Crippen LogP) is 4.22. The number of benzene rings is 2. The molecule has 3 aromatic rings. The topological polar surface area (TPSA) is 92.6 Å². The Hall–Kier alpha value is -3.58. The van der Waals surface area contributed by atoms with Crippen molar-refractivity contribution in [1.82, 2.24) is 5.32 Å². The zero-order valence-corrected chi connectivity index (χ0v) is 17.0. The van der Waals surface area contributed by atoms with Gasteiger partial charge in [-0.1, -0.05) is 0 Å². The van der Waals surface area contributed by atoms with E-state index >= 15 is 0 Å². The van der Waals surface area contributed by atoms with E-state index in [-0.39, 0.29) is 24.4 Å². The molecule has 1 atom stereocenters. The number of furan rings is 1. The summed E-state index contributed by atoms with van der Waals surface area (Å²) in [4.78, 5) is 24.5. The summed E-state index contributed by atoms with van der Waals surface area (Å²) in [6.07, 6.45) is 1.60. The summed E-state index contributed by atoms with van der Waals surface area (Å²) < 4.78 is 10.7. The first kappa shape index (κ1) is 21.1. The zero-order chi connectivity index (χ0) is 21.3. The van der Waals surface area contributed by atoms with Gasteiger partial charge in [-0.3, -0.25) is 14.9 Å². The van der Waals surface area contributed by atoms with Crippen molar-refractivity contribution in [3.63, 3.8) is 0 Å². The Morgan fingerprint density at radius 3 is 2.27 bits per heavy atom. The summed E-state index contributed by atoms with van der Waals surface area (Å²) in [5, 5.41) is 8.73. The van der Waals surface area contributed by atoms with E-state index in [2.05, 4.69) is 16.0 Å². The number of anilines is 2. The maximum absolute atomic E-state index is 12.4. The molecule has 0 saturated carbocycles. The van der Waals surface area contributed by atoms with E-state index in [1.54, 1.807) is 60.9 Å². The molecule has 3 N–H and O–H groups in total. The third-order valence-electron chi connectivity index (χ3n) is 4.39. The lowest BCUT2D eigenvalue weighted by atomic mass is 10.2. The largest absolute Gasteiger partial charge is 0.494 e. The van der Waals surface area contributed by atoms with E-state index in [0.29, 0.717) is 23.5 Å². The van der Waals surface area contributed by atoms with Gasteiger partial charge in [-0.2, -0.15) is 0 Å². The van der Waals surface area contributed by atoms with Crippen LogP contribution in [0.1, 0.15) is 36.0 Å². The number of hydrogen-bond donors (Lipinski definition) is 3. The molecule has 2 aromatic carbocycles. The van der Waals surface area contributed by atoms with E-state index < -0.39 is 0 Å². The molecule has 7 heteroatoms. The molecule has 1 heterocycles. The smallest absolute Gasteiger partial charge is 0.255 e. The highest BCUT2D eigenvalue weighted by molar-refractivity contribution is 6.04. The first-order valence-electron chi connectivity index (χ1n) is 9.76. The molecular weight excluding hydrogens is 382 g/mol. The highest BCUT2D eigenvalue weighted by Crippen LogP contribution is 2.17. The lowest BCUT2D eigenvalue weighted by molar-refractivity contribution is -0.115. The molecule has 0 unspecified atom stereocenters. The molecule has 0 fully saturated rings. The fraction of sp³-hybridized carbons (Fsp3) is 0.217. The average molecular weight is 407 g/mol. The quantitative estimate of drug-likeness (QED) is 0.494. The van der Waals surface area contributed by atoms with E-state index in [9.17, 15) is 9.59 Å². The average Bonchev–Trinajstić information content (AvgIpc) is 3.29. The fourth-order valence-corrected chi connectivity index (χ4v) is 2.80. The molecule has 2 amide bonds. The number of carbonyl (C=O) groups excluding carboxylic acids is 2. The second-order valence-electron chi connectivity index (χ2n) is 6.66. The second-order valence-corrected chi connectivity index (χ2v) is 6.66. The Kier molecular flexibility index (Phi) is 7.24. The van der Waals surface area contributed by atoms with E-state index in [4.69, 9.17) is 9.15 Å². The van der Waals surface area contributed by atoms with Gasteiger partial charge >= 0.3 is 0 Å². The Labute approximate surface area is 175 Å². The molecule has 7 nitrogen and oxygen atoms in total. The van der Waals surface area contributed by atoms with Crippen molar-refractivity contribution < 1.29 is 18.7 Å². The van der Waals surface area contributed by atoms with Crippen LogP contribution in [-0.2, 0) is 4.79 Å². The normalized spacial score (nSPS) is 11.5. The fourth-order valence-electron chi connectivity index (χ4n) is 2.80. The van der Waals surface area contributed by atoms with Gasteiger partial charge in [0.15, 0.2) is 0 Å². The van der Waals surface area contributed by atoms with E-state index in [1.807, 2.05) is 19.9 Å². The van der Waals surface area contributed by atoms with Crippen LogP contribution in [0.4, 0.5) is 11.4 Å². The van der Waals surface area contributed by atoms with Gasteiger partial charge in [0.25, 0.3) is 5.91 Å². The number of carbonyl (C=O) groups is 2. The third kappa shape index (κ3) is 5.96. The van der Waals surface area contributed by atoms with Gasteiger partial charge in [0, 0.05) is 16.9 Å². The summed E-state index contributed by atoms with van der Waals surface area (Å²) in [7, 11) is 0. The lowest BCUT2D eigenvalue weighted by Crippen LogP contribution is -2.30. The Bertz CT molecular complexity index is 951. The van der Waals surface area contributed by atoms with Crippen LogP contribution in [0, 0.1) is 0 Å². The Balaban J connectivity index is 1.48. The van der Waals surface area contributed by atoms with Crippen LogP contribution in [0.15, 0.2) is 71.3 Å². The van der Waals surface area contributed by atoms with Crippen molar-refractivity contribution in [3.8, 4) is 5.75 Å². The summed E-state index contributed by atoms with van der Waals surface area (Å²) in [5.74, 6) is 1.11. The number of ether oxygens (including phenoxy) is 1. The number of nitrogens with one attached hydrogen (secondary N) is 3. The molecule has 0 bridgehead atoms. The summed E-state index contributed by atoms with van der Waals surface area (Å²) in [6.45, 7) is 4.57. The lowest BCUT2D eigenvalue weighted by Gasteiger charge is -2.12. The van der Waals surface area contributed by atoms with Crippen molar-refractivity contribution in [2.45, 2.75) is 19.9 Å². The Morgan fingerprint density at radius 2 is 1.63 bits per heavy atom. The van der Waals surface area contributed by atoms with Gasteiger partial charge < -0.3 is 19.8 Å². The number of hydrogen-bond acceptors (Lipinski definition) is 5. The van der Waals surface area contributed by atoms with E-state index in [1.165, 1.54) is 0 Å². The van der Waals surface area contributed by atoms with Crippen molar-refractivity contribution in [2.24, 2.45) is 0 Å². The maximum atomic E-state index is 12.4. The molecule has 3 rings (SSSR count). The summed E-state index contributed by atoms with van der Waals surface area (Å²) >= 11 is 0. The SMILES string of the molecule is CCOc1ccc(NC(=O)c2ccc(NC(=O)CN[C@H](C)c3ccco3)cc2)cc1. The summed E-state index contributed by atoms with van der Waals surface area (Å²) in [6, 6.07) is 17.5. The van der Waals surface area contributed by atoms with Crippen LogP contribution >= 0.6 is 0 Å². The van der Waals surface area contributed by atoms with Crippen LogP contribution in [0.2, 0.25) is 0 Å². The van der Waals surface area contributed by atoms with Gasteiger partial charge in [-0.15, -0.1) is 0 Å². The molecule has 0 saturated heterocycles. The minimum absolute atomic E-state index is 0.0700. The van der Waals surface area contributed by atoms with Gasteiger partial charge in [0.2, 0.25) is 5.91 Å². The molecule has 0 aliphatic rings. The highest BCUT2D eigenvalue weighted by atomic mass is 16.5. The molecule has 0 aliphatic heterocycles. The first-order valence-corrected chi connectivity index (χ1v) is 9.76. The first-order chi connectivity index (χ1) is 14.5. The molecule has 156 valence electrons. The van der Waals surface area contributed by atoms with Crippen LogP contribution in [0.25, 0.3) is 0 Å². The van der Waals surface area contributed by atoms with Gasteiger partial charge in [-0.25, -0.2) is 0 Å². The van der Waals surface area contributed by atoms with Crippen molar-refractivity contribution in [1.29, 1.82) is 0 Å². The molecule has 30 heavy (non-hydrogen) atoms. The highest BCUT2D eigenvalue weighted by Gasteiger charge is 2.11. The summed E-state index contributed by atoms with van der Waals surface area (Å²) in [5.41, 5.74) is 1.79. The molecule has 0 radical (unpaired) electrons. The Morgan fingerprint density at radius 1 is 0.967 bits per heavy atom. The monoisotopic (exact) mass is 407 g/mol. The van der Waals surface area contributed by atoms with Gasteiger partial charge in [-0.05, 0) is 74.5 Å². The number of rotatable bonds is 9. The van der Waals surface area contributed by atoms with Crippen molar-refractivity contribution in [3.05, 3.63) is 78.3 Å². The van der Waals surface area contributed by atoms with Gasteiger partial charge in [0.05, 0.1) is 25.5 Å². The minimum Gasteiger partial charge on any atom is -0.494 e. The maximum Gasteiger partial charge on any atom is 0.255 e. The standard InChI is InChI=1S/C23H25N3O4/c1-3-29-20-12-10-19(11-13-20)26-23(28)17-6-8-18(9-7-17)25-22(27)15-24-16(2)21-5-4-14-30-21/h4-14,16,24H,3,15H2,1-2H3,(H,25,27)(H,26,28)/t16-/m1/s1. The van der Waals surface area contributed by atoms with Crippen LogP contribution in [-0.4, -0.2) is 25.0 Å². The molecule has 0 spiro atoms. The predicted molar refractivity (Wildman–Crippen MR) is 116 cm³/mol. The van der Waals surface area contributed by atoms with E-state index in [0.717, 1.165) is 11.5 Å². The minimum atomic E-state index is -0.231. The van der Waals surface area contributed by atoms with Gasteiger partial charge in [0.1, 0.15) is 11.5 Å². The third-order valence-corrected chi connectivity index (χ3v) is 4.39. The van der Waals surface area contributed by atoms with Crippen LogP contribution in [0.3, 0.4) is 0 Å². The number of amides is 2. The second kappa shape index (κ2) is 10.3. The van der Waals surface area contributed by atoms with Crippen molar-refractivity contribution >= 4 is 23.2 Å². The van der Waals surface area contributed by atoms with Crippen LogP contribution in [0.5, 0.6) is 5.75 Å². The zero-order valence-electron chi connectivity index (χ0n) is 17.0. The molecular formula is C23H25N3O4.